The number of imidazole rings is 1. The first-order valence-corrected chi connectivity index (χ1v) is 15.7. The van der Waals surface area contributed by atoms with Crippen LogP contribution in [-0.2, 0) is 24.8 Å². The van der Waals surface area contributed by atoms with Crippen LogP contribution in [-0.4, -0.2) is 66.7 Å². The third-order valence-corrected chi connectivity index (χ3v) is 10.0. The lowest BCUT2D eigenvalue weighted by Gasteiger charge is -2.27. The zero-order valence-corrected chi connectivity index (χ0v) is 25.4. The van der Waals surface area contributed by atoms with Crippen LogP contribution in [0.5, 0.6) is 5.75 Å². The molecule has 2 aromatic carbocycles. The molecule has 10 nitrogen and oxygen atoms in total. The Morgan fingerprint density at radius 3 is 2.49 bits per heavy atom. The van der Waals surface area contributed by atoms with Crippen LogP contribution in [0.1, 0.15) is 41.6 Å². The molecule has 2 saturated carbocycles. The second-order valence-corrected chi connectivity index (χ2v) is 12.9. The molecule has 3 aromatic heterocycles. The number of pyridine rings is 1. The number of rotatable bonds is 8. The van der Waals surface area contributed by atoms with Gasteiger partial charge in [-0.05, 0) is 73.4 Å². The number of nitrogens with two attached hydrogens (primary N) is 1. The van der Waals surface area contributed by atoms with Crippen molar-refractivity contribution in [1.82, 2.24) is 24.0 Å². The first kappa shape index (κ1) is 27.8. The lowest BCUT2D eigenvalue weighted by atomic mass is 10.1. The highest BCUT2D eigenvalue weighted by molar-refractivity contribution is 6.00. The molecule has 1 aliphatic heterocycles. The Morgan fingerprint density at radius 1 is 1.02 bits per heavy atom. The second-order valence-electron chi connectivity index (χ2n) is 12.9. The van der Waals surface area contributed by atoms with Crippen LogP contribution in [0.25, 0.3) is 44.8 Å². The number of carboxylic acids is 1. The lowest BCUT2D eigenvalue weighted by molar-refractivity contribution is -0.136. The van der Waals surface area contributed by atoms with Gasteiger partial charge in [0, 0.05) is 48.7 Å². The van der Waals surface area contributed by atoms with Gasteiger partial charge in [-0.25, -0.2) is 9.97 Å². The number of hydrogen-bond donors (Lipinski definition) is 2. The molecule has 8 rings (SSSR count). The third-order valence-electron chi connectivity index (χ3n) is 10.0. The van der Waals surface area contributed by atoms with E-state index in [1.807, 2.05) is 54.4 Å². The SMILES string of the molecule is COc1cc(C(=O)N2C[C@H]3CC[C@@H]2[C@@H]3N)cc2nc(-c3cc4ccc(-c5ccc(CC(=O)O)cc5)nc4n3CC3CC3)n(C)c12. The van der Waals surface area contributed by atoms with Gasteiger partial charge >= 0.3 is 5.97 Å². The number of likely N-dealkylation sites (tertiary alicyclic amines) is 1. The average molecular weight is 605 g/mol. The Bertz CT molecular complexity index is 1990. The minimum atomic E-state index is -0.849. The molecular formula is C35H36N6O4. The molecule has 1 amide bonds. The van der Waals surface area contributed by atoms with Crippen molar-refractivity contribution in [1.29, 1.82) is 0 Å². The van der Waals surface area contributed by atoms with Crippen molar-refractivity contribution in [3.8, 4) is 28.5 Å². The number of aryl methyl sites for hydroxylation is 1. The van der Waals surface area contributed by atoms with E-state index in [1.54, 1.807) is 7.11 Å². The van der Waals surface area contributed by atoms with Crippen molar-refractivity contribution in [2.75, 3.05) is 13.7 Å². The van der Waals surface area contributed by atoms with E-state index in [-0.39, 0.29) is 24.4 Å². The van der Waals surface area contributed by atoms with E-state index in [0.717, 1.165) is 64.3 Å². The summed E-state index contributed by atoms with van der Waals surface area (Å²) >= 11 is 0. The molecule has 3 aliphatic rings. The fourth-order valence-electron chi connectivity index (χ4n) is 7.45. The molecule has 45 heavy (non-hydrogen) atoms. The number of benzene rings is 2. The van der Waals surface area contributed by atoms with Crippen LogP contribution in [0.15, 0.2) is 54.6 Å². The summed E-state index contributed by atoms with van der Waals surface area (Å²) in [6.45, 7) is 1.55. The van der Waals surface area contributed by atoms with Gasteiger partial charge in [-0.3, -0.25) is 9.59 Å². The maximum atomic E-state index is 13.7. The third kappa shape index (κ3) is 4.66. The van der Waals surface area contributed by atoms with E-state index < -0.39 is 5.97 Å². The highest BCUT2D eigenvalue weighted by atomic mass is 16.5. The first-order chi connectivity index (χ1) is 21.8. The largest absolute Gasteiger partial charge is 0.494 e. The van der Waals surface area contributed by atoms with Gasteiger partial charge in [0.25, 0.3) is 5.91 Å². The number of aromatic nitrogens is 4. The molecule has 4 heterocycles. The Labute approximate surface area is 260 Å². The van der Waals surface area contributed by atoms with Gasteiger partial charge in [-0.1, -0.05) is 24.3 Å². The van der Waals surface area contributed by atoms with Crippen molar-refractivity contribution in [2.45, 2.75) is 50.7 Å². The van der Waals surface area contributed by atoms with Crippen LogP contribution in [0.2, 0.25) is 0 Å². The summed E-state index contributed by atoms with van der Waals surface area (Å²) in [5.74, 6) is 1.51. The van der Waals surface area contributed by atoms with Crippen molar-refractivity contribution < 1.29 is 19.4 Å². The van der Waals surface area contributed by atoms with Gasteiger partial charge in [0.2, 0.25) is 0 Å². The number of piperidine rings is 1. The Balaban J connectivity index is 1.20. The molecule has 10 heteroatoms. The molecule has 3 atom stereocenters. The van der Waals surface area contributed by atoms with E-state index >= 15 is 0 Å². The number of ether oxygens (including phenoxy) is 1. The number of aliphatic carboxylic acids is 1. The highest BCUT2D eigenvalue weighted by Crippen LogP contribution is 2.40. The van der Waals surface area contributed by atoms with E-state index in [4.69, 9.17) is 25.5 Å². The average Bonchev–Trinajstić information content (AvgIpc) is 3.44. The fraction of sp³-hybridized carbons (Fsp3) is 0.371. The molecule has 2 bridgehead atoms. The summed E-state index contributed by atoms with van der Waals surface area (Å²) in [6.07, 6.45) is 4.42. The topological polar surface area (TPSA) is 129 Å². The van der Waals surface area contributed by atoms with Gasteiger partial charge < -0.3 is 29.6 Å². The van der Waals surface area contributed by atoms with Gasteiger partial charge in [-0.15, -0.1) is 0 Å². The number of carboxylic acid groups (broad SMARTS) is 1. The number of amides is 1. The number of carbonyl (C=O) groups excluding carboxylic acids is 1. The van der Waals surface area contributed by atoms with E-state index in [1.165, 1.54) is 12.8 Å². The Kier molecular flexibility index (Phi) is 6.46. The predicted molar refractivity (Wildman–Crippen MR) is 171 cm³/mol. The van der Waals surface area contributed by atoms with E-state index in [2.05, 4.69) is 21.3 Å². The number of nitrogens with zero attached hydrogens (tertiary/aromatic N) is 5. The quantitative estimate of drug-likeness (QED) is 0.259. The molecule has 0 spiro atoms. The van der Waals surface area contributed by atoms with Crippen LogP contribution in [0.4, 0.5) is 0 Å². The Hall–Kier alpha value is -4.70. The molecule has 5 aromatic rings. The zero-order chi connectivity index (χ0) is 31.0. The van der Waals surface area contributed by atoms with Crippen molar-refractivity contribution in [2.24, 2.45) is 24.6 Å². The van der Waals surface area contributed by atoms with Gasteiger partial charge in [0.05, 0.1) is 30.4 Å². The van der Waals surface area contributed by atoms with E-state index in [0.29, 0.717) is 35.2 Å². The van der Waals surface area contributed by atoms with Crippen LogP contribution in [0.3, 0.4) is 0 Å². The first-order valence-electron chi connectivity index (χ1n) is 15.7. The summed E-state index contributed by atoms with van der Waals surface area (Å²) in [5, 5.41) is 10.2. The Morgan fingerprint density at radius 2 is 1.82 bits per heavy atom. The minimum Gasteiger partial charge on any atom is -0.494 e. The molecule has 230 valence electrons. The molecule has 3 N–H and O–H groups in total. The molecule has 0 unspecified atom stereocenters. The smallest absolute Gasteiger partial charge is 0.307 e. The van der Waals surface area contributed by atoms with Gasteiger partial charge in [0.15, 0.2) is 5.82 Å². The maximum absolute atomic E-state index is 13.7. The normalized spacial score (nSPS) is 20.9. The van der Waals surface area contributed by atoms with E-state index in [9.17, 15) is 9.59 Å². The molecule has 1 saturated heterocycles. The monoisotopic (exact) mass is 604 g/mol. The molecule has 2 aliphatic carbocycles. The predicted octanol–water partition coefficient (Wildman–Crippen LogP) is 4.86. The summed E-state index contributed by atoms with van der Waals surface area (Å²) in [4.78, 5) is 37.0. The van der Waals surface area contributed by atoms with Crippen LogP contribution >= 0.6 is 0 Å². The molecule has 0 radical (unpaired) electrons. The van der Waals surface area contributed by atoms with Crippen molar-refractivity contribution in [3.63, 3.8) is 0 Å². The number of fused-ring (bicyclic) bond motifs is 4. The number of methoxy groups -OCH3 is 1. The van der Waals surface area contributed by atoms with Crippen molar-refractivity contribution >= 4 is 33.9 Å². The number of hydrogen-bond acceptors (Lipinski definition) is 6. The zero-order valence-electron chi connectivity index (χ0n) is 25.4. The molecule has 3 fully saturated rings. The highest BCUT2D eigenvalue weighted by Gasteiger charge is 2.47. The second kappa shape index (κ2) is 10.4. The molecular weight excluding hydrogens is 568 g/mol. The van der Waals surface area contributed by atoms with Gasteiger partial charge in [-0.2, -0.15) is 0 Å². The summed E-state index contributed by atoms with van der Waals surface area (Å²) in [5.41, 5.74) is 12.9. The van der Waals surface area contributed by atoms with Crippen molar-refractivity contribution in [3.05, 3.63) is 65.7 Å². The summed E-state index contributed by atoms with van der Waals surface area (Å²) in [6, 6.07) is 17.7. The maximum Gasteiger partial charge on any atom is 0.307 e. The minimum absolute atomic E-state index is 0.00773. The van der Waals surface area contributed by atoms with Crippen LogP contribution in [0, 0.1) is 11.8 Å². The van der Waals surface area contributed by atoms with Crippen LogP contribution < -0.4 is 10.5 Å². The number of carbonyl (C=O) groups is 2. The summed E-state index contributed by atoms with van der Waals surface area (Å²) < 4.78 is 10.2. The van der Waals surface area contributed by atoms with Gasteiger partial charge in [0.1, 0.15) is 16.9 Å². The lowest BCUT2D eigenvalue weighted by Crippen LogP contribution is -2.41. The standard InChI is InChI=1S/C35H36N6O4/c1-39-32-26(14-24(16-29(32)45-2)35(44)41-18-23-10-12-27(41)31(23)36)38-34(39)28-15-22-9-11-25(37-33(22)40(28)17-20-3-4-20)21-7-5-19(6-8-21)13-30(42)43/h5-9,11,14-16,20,23,27,31H,3-4,10,12-13,17-18,36H2,1-2H3,(H,42,43)/t23-,27-,31-/m1/s1. The summed E-state index contributed by atoms with van der Waals surface area (Å²) in [7, 11) is 3.62. The fourth-order valence-corrected chi connectivity index (χ4v) is 7.45.